The summed E-state index contributed by atoms with van der Waals surface area (Å²) in [4.78, 5) is 11.6. The van der Waals surface area contributed by atoms with E-state index in [9.17, 15) is 4.79 Å². The maximum atomic E-state index is 11.6. The molecule has 0 aliphatic heterocycles. The second-order valence-corrected chi connectivity index (χ2v) is 4.54. The zero-order valence-electron chi connectivity index (χ0n) is 11.2. The van der Waals surface area contributed by atoms with Crippen molar-refractivity contribution in [1.29, 1.82) is 0 Å². The summed E-state index contributed by atoms with van der Waals surface area (Å²) in [7, 11) is 0. The summed E-state index contributed by atoms with van der Waals surface area (Å²) >= 11 is 0. The number of amides is 1. The van der Waals surface area contributed by atoms with Crippen molar-refractivity contribution < 1.29 is 14.6 Å². The monoisotopic (exact) mass is 251 g/mol. The van der Waals surface area contributed by atoms with Crippen molar-refractivity contribution in [2.45, 2.75) is 33.2 Å². The molecule has 0 spiro atoms. The lowest BCUT2D eigenvalue weighted by molar-refractivity contribution is -0.123. The highest BCUT2D eigenvalue weighted by molar-refractivity contribution is 5.77. The summed E-state index contributed by atoms with van der Waals surface area (Å²) in [6, 6.07) is 5.80. The number of ether oxygens (including phenoxy) is 1. The summed E-state index contributed by atoms with van der Waals surface area (Å²) in [5, 5.41) is 11.5. The van der Waals surface area contributed by atoms with Gasteiger partial charge in [0, 0.05) is 12.6 Å². The molecule has 0 heterocycles. The van der Waals surface area contributed by atoms with E-state index in [1.165, 1.54) is 5.56 Å². The molecule has 4 heteroatoms. The van der Waals surface area contributed by atoms with Gasteiger partial charge in [-0.05, 0) is 38.8 Å². The molecular weight excluding hydrogens is 230 g/mol. The molecule has 4 nitrogen and oxygen atoms in total. The average Bonchev–Trinajstić information content (AvgIpc) is 2.28. The van der Waals surface area contributed by atoms with Crippen LogP contribution in [0.25, 0.3) is 0 Å². The Kier molecular flexibility index (Phi) is 5.65. The van der Waals surface area contributed by atoms with Gasteiger partial charge in [0.1, 0.15) is 5.75 Å². The molecule has 1 amide bonds. The van der Waals surface area contributed by atoms with E-state index in [1.807, 2.05) is 39.0 Å². The van der Waals surface area contributed by atoms with Crippen LogP contribution in [0.5, 0.6) is 5.75 Å². The van der Waals surface area contributed by atoms with E-state index >= 15 is 0 Å². The van der Waals surface area contributed by atoms with Crippen molar-refractivity contribution >= 4 is 5.91 Å². The van der Waals surface area contributed by atoms with Gasteiger partial charge < -0.3 is 15.2 Å². The van der Waals surface area contributed by atoms with Crippen LogP contribution in [0.2, 0.25) is 0 Å². The Labute approximate surface area is 108 Å². The van der Waals surface area contributed by atoms with Crippen LogP contribution < -0.4 is 10.1 Å². The Morgan fingerprint density at radius 2 is 2.17 bits per heavy atom. The number of carbonyl (C=O) groups excluding carboxylic acids is 1. The fourth-order valence-corrected chi connectivity index (χ4v) is 1.69. The average molecular weight is 251 g/mol. The van der Waals surface area contributed by atoms with Crippen LogP contribution in [0.4, 0.5) is 0 Å². The predicted octanol–water partition coefficient (Wildman–Crippen LogP) is 1.57. The number of carbonyl (C=O) groups is 1. The fourth-order valence-electron chi connectivity index (χ4n) is 1.69. The third kappa shape index (κ3) is 4.75. The molecule has 18 heavy (non-hydrogen) atoms. The van der Waals surface area contributed by atoms with Gasteiger partial charge in [-0.2, -0.15) is 0 Å². The zero-order chi connectivity index (χ0) is 13.5. The summed E-state index contributed by atoms with van der Waals surface area (Å²) in [5.41, 5.74) is 2.19. The molecule has 0 aromatic heterocycles. The van der Waals surface area contributed by atoms with E-state index in [2.05, 4.69) is 5.32 Å². The molecule has 0 unspecified atom stereocenters. The van der Waals surface area contributed by atoms with Gasteiger partial charge in [-0.3, -0.25) is 4.79 Å². The number of aliphatic hydroxyl groups is 1. The molecule has 0 saturated carbocycles. The normalized spacial score (nSPS) is 12.0. The van der Waals surface area contributed by atoms with Gasteiger partial charge in [0.2, 0.25) is 0 Å². The first kappa shape index (κ1) is 14.5. The number of rotatable bonds is 6. The molecule has 1 aromatic carbocycles. The van der Waals surface area contributed by atoms with E-state index in [-0.39, 0.29) is 25.2 Å². The molecule has 100 valence electrons. The summed E-state index contributed by atoms with van der Waals surface area (Å²) in [6.45, 7) is 5.89. The minimum atomic E-state index is -0.170. The molecule has 0 aliphatic rings. The number of aliphatic hydroxyl groups excluding tert-OH is 1. The van der Waals surface area contributed by atoms with Crippen molar-refractivity contribution in [3.05, 3.63) is 29.3 Å². The number of benzene rings is 1. The minimum absolute atomic E-state index is 0.000328. The van der Waals surface area contributed by atoms with Crippen molar-refractivity contribution in [1.82, 2.24) is 5.32 Å². The largest absolute Gasteiger partial charge is 0.484 e. The highest BCUT2D eigenvalue weighted by Crippen LogP contribution is 2.18. The van der Waals surface area contributed by atoms with Gasteiger partial charge in [0.05, 0.1) is 0 Å². The molecule has 0 bridgehead atoms. The van der Waals surface area contributed by atoms with Crippen LogP contribution in [0.15, 0.2) is 18.2 Å². The Balaban J connectivity index is 2.42. The number of hydrogen-bond acceptors (Lipinski definition) is 3. The molecule has 0 radical (unpaired) electrons. The summed E-state index contributed by atoms with van der Waals surface area (Å²) in [5.74, 6) is 0.557. The fraction of sp³-hybridized carbons (Fsp3) is 0.500. The lowest BCUT2D eigenvalue weighted by Crippen LogP contribution is -2.36. The van der Waals surface area contributed by atoms with Crippen LogP contribution in [0.1, 0.15) is 24.5 Å². The van der Waals surface area contributed by atoms with Crippen LogP contribution in [-0.2, 0) is 4.79 Å². The highest BCUT2D eigenvalue weighted by Gasteiger charge is 2.08. The van der Waals surface area contributed by atoms with Gasteiger partial charge >= 0.3 is 0 Å². The van der Waals surface area contributed by atoms with E-state index in [0.29, 0.717) is 6.42 Å². The summed E-state index contributed by atoms with van der Waals surface area (Å²) in [6.07, 6.45) is 0.551. The minimum Gasteiger partial charge on any atom is -0.484 e. The van der Waals surface area contributed by atoms with E-state index in [1.54, 1.807) is 0 Å². The first-order valence-electron chi connectivity index (χ1n) is 6.13. The maximum Gasteiger partial charge on any atom is 0.258 e. The molecule has 1 aromatic rings. The molecule has 0 saturated heterocycles. The third-order valence-electron chi connectivity index (χ3n) is 2.66. The van der Waals surface area contributed by atoms with Gasteiger partial charge in [0.25, 0.3) is 5.91 Å². The standard InChI is InChI=1S/C14H21NO3/c1-10-4-5-13(11(2)8-10)18-9-14(17)15-12(3)6-7-16/h4-5,8,12,16H,6-7,9H2,1-3H3,(H,15,17)/t12-/m1/s1. The van der Waals surface area contributed by atoms with E-state index in [4.69, 9.17) is 9.84 Å². The molecule has 1 rings (SSSR count). The number of aryl methyl sites for hydroxylation is 2. The quantitative estimate of drug-likeness (QED) is 0.807. The van der Waals surface area contributed by atoms with Gasteiger partial charge in [-0.1, -0.05) is 17.7 Å². The van der Waals surface area contributed by atoms with Crippen LogP contribution >= 0.6 is 0 Å². The Morgan fingerprint density at radius 1 is 1.44 bits per heavy atom. The van der Waals surface area contributed by atoms with Crippen LogP contribution in [0.3, 0.4) is 0 Å². The topological polar surface area (TPSA) is 58.6 Å². The maximum absolute atomic E-state index is 11.6. The van der Waals surface area contributed by atoms with Crippen molar-refractivity contribution in [2.75, 3.05) is 13.2 Å². The zero-order valence-corrected chi connectivity index (χ0v) is 11.2. The molecule has 2 N–H and O–H groups in total. The lowest BCUT2D eigenvalue weighted by atomic mass is 10.1. The Morgan fingerprint density at radius 3 is 2.78 bits per heavy atom. The Bertz CT molecular complexity index is 404. The van der Waals surface area contributed by atoms with Gasteiger partial charge in [-0.15, -0.1) is 0 Å². The molecular formula is C14H21NO3. The van der Waals surface area contributed by atoms with Crippen molar-refractivity contribution in [2.24, 2.45) is 0 Å². The second kappa shape index (κ2) is 7.01. The SMILES string of the molecule is Cc1ccc(OCC(=O)N[C@H](C)CCO)c(C)c1. The first-order chi connectivity index (χ1) is 8.52. The van der Waals surface area contributed by atoms with Gasteiger partial charge in [-0.25, -0.2) is 0 Å². The first-order valence-corrected chi connectivity index (χ1v) is 6.13. The van der Waals surface area contributed by atoms with E-state index < -0.39 is 0 Å². The third-order valence-corrected chi connectivity index (χ3v) is 2.66. The van der Waals surface area contributed by atoms with Crippen molar-refractivity contribution in [3.63, 3.8) is 0 Å². The molecule has 0 fully saturated rings. The van der Waals surface area contributed by atoms with Crippen LogP contribution in [0, 0.1) is 13.8 Å². The molecule has 0 aliphatic carbocycles. The second-order valence-electron chi connectivity index (χ2n) is 4.54. The molecule has 1 atom stereocenters. The Hall–Kier alpha value is -1.55. The smallest absolute Gasteiger partial charge is 0.258 e. The van der Waals surface area contributed by atoms with Crippen molar-refractivity contribution in [3.8, 4) is 5.75 Å². The predicted molar refractivity (Wildman–Crippen MR) is 70.7 cm³/mol. The highest BCUT2D eigenvalue weighted by atomic mass is 16.5. The number of nitrogens with one attached hydrogen (secondary N) is 1. The number of hydrogen-bond donors (Lipinski definition) is 2. The van der Waals surface area contributed by atoms with Gasteiger partial charge in [0.15, 0.2) is 6.61 Å². The summed E-state index contributed by atoms with van der Waals surface area (Å²) < 4.78 is 5.46. The lowest BCUT2D eigenvalue weighted by Gasteiger charge is -2.14. The van der Waals surface area contributed by atoms with Crippen LogP contribution in [-0.4, -0.2) is 30.3 Å². The van der Waals surface area contributed by atoms with E-state index in [0.717, 1.165) is 11.3 Å².